The van der Waals surface area contributed by atoms with Crippen molar-refractivity contribution in [3.63, 3.8) is 0 Å². The van der Waals surface area contributed by atoms with Gasteiger partial charge in [0.05, 0.1) is 11.0 Å². The maximum absolute atomic E-state index is 14.1. The van der Waals surface area contributed by atoms with Gasteiger partial charge >= 0.3 is 0 Å². The summed E-state index contributed by atoms with van der Waals surface area (Å²) in [5.41, 5.74) is 0.743. The number of benzene rings is 1. The number of piperidine rings is 3. The van der Waals surface area contributed by atoms with E-state index in [1.807, 2.05) is 16.3 Å². The van der Waals surface area contributed by atoms with E-state index in [-0.39, 0.29) is 17.9 Å². The smallest absolute Gasteiger partial charge is 0.222 e. The summed E-state index contributed by atoms with van der Waals surface area (Å²) in [6.45, 7) is 6.40. The van der Waals surface area contributed by atoms with Crippen molar-refractivity contribution >= 4 is 28.8 Å². The maximum Gasteiger partial charge on any atom is 0.222 e. The van der Waals surface area contributed by atoms with Crippen LogP contribution in [0.15, 0.2) is 18.2 Å². The van der Waals surface area contributed by atoms with E-state index in [4.69, 9.17) is 0 Å². The van der Waals surface area contributed by atoms with Gasteiger partial charge in [0.2, 0.25) is 5.91 Å². The van der Waals surface area contributed by atoms with E-state index in [2.05, 4.69) is 15.5 Å². The summed E-state index contributed by atoms with van der Waals surface area (Å²) >= 11 is 1.80. The summed E-state index contributed by atoms with van der Waals surface area (Å²) in [6.07, 6.45) is 11.2. The van der Waals surface area contributed by atoms with Crippen LogP contribution in [0.1, 0.15) is 62.8 Å². The van der Waals surface area contributed by atoms with Gasteiger partial charge in [-0.15, -0.1) is 0 Å². The van der Waals surface area contributed by atoms with E-state index >= 15 is 0 Å². The van der Waals surface area contributed by atoms with Crippen LogP contribution >= 0.6 is 11.9 Å². The van der Waals surface area contributed by atoms with Crippen molar-refractivity contribution in [3.8, 4) is 0 Å². The first-order valence-electron chi connectivity index (χ1n) is 14.5. The molecule has 0 aromatic heterocycles. The van der Waals surface area contributed by atoms with E-state index in [1.54, 1.807) is 18.2 Å². The Morgan fingerprint density at radius 3 is 2.18 bits per heavy atom. The predicted octanol–water partition coefficient (Wildman–Crippen LogP) is 4.75. The van der Waals surface area contributed by atoms with Gasteiger partial charge < -0.3 is 9.80 Å². The Hall–Kier alpha value is -1.07. The number of nitrogens with zero attached hydrogens (tertiary/aromatic N) is 4. The van der Waals surface area contributed by atoms with Crippen molar-refractivity contribution in [2.45, 2.75) is 63.3 Å². The number of likely N-dealkylation sites (tertiary alicyclic amines) is 1. The molecule has 1 aromatic rings. The average Bonchev–Trinajstić information content (AvgIpc) is 2.93. The fraction of sp³-hybridized carbons (Fsp3) is 0.759. The lowest BCUT2D eigenvalue weighted by Crippen LogP contribution is -2.46. The first kappa shape index (κ1) is 30.9. The van der Waals surface area contributed by atoms with Gasteiger partial charge in [0.1, 0.15) is 11.6 Å². The predicted molar refractivity (Wildman–Crippen MR) is 157 cm³/mol. The minimum absolute atomic E-state index is 0.0714. The van der Waals surface area contributed by atoms with Crippen LogP contribution in [-0.2, 0) is 15.8 Å². The van der Waals surface area contributed by atoms with Crippen LogP contribution in [0.5, 0.6) is 0 Å². The highest BCUT2D eigenvalue weighted by Crippen LogP contribution is 2.37. The first-order chi connectivity index (χ1) is 18.7. The molecule has 0 aliphatic carbocycles. The molecule has 2 unspecified atom stereocenters. The van der Waals surface area contributed by atoms with E-state index in [0.717, 1.165) is 102 Å². The van der Waals surface area contributed by atoms with Gasteiger partial charge in [-0.05, 0) is 93.2 Å². The fourth-order valence-corrected chi connectivity index (χ4v) is 8.04. The molecule has 10 heteroatoms. The Kier molecular flexibility index (Phi) is 11.6. The number of halogens is 2. The Bertz CT molecular complexity index is 942. The molecular weight excluding hydrogens is 538 g/mol. The highest BCUT2D eigenvalue weighted by molar-refractivity contribution is 7.96. The van der Waals surface area contributed by atoms with Gasteiger partial charge in [-0.2, -0.15) is 0 Å². The van der Waals surface area contributed by atoms with Gasteiger partial charge in [-0.3, -0.25) is 9.10 Å². The Morgan fingerprint density at radius 1 is 1.00 bits per heavy atom. The minimum atomic E-state index is -0.981. The quantitative estimate of drug-likeness (QED) is 0.372. The zero-order valence-corrected chi connectivity index (χ0v) is 25.5. The van der Waals surface area contributed by atoms with Crippen LogP contribution in [0.4, 0.5) is 8.78 Å². The molecule has 0 radical (unpaired) electrons. The van der Waals surface area contributed by atoms with Gasteiger partial charge in [-0.25, -0.2) is 17.3 Å². The third-order valence-corrected chi connectivity index (χ3v) is 11.3. The van der Waals surface area contributed by atoms with Crippen LogP contribution in [0.3, 0.4) is 0 Å². The van der Waals surface area contributed by atoms with Gasteiger partial charge in [0.15, 0.2) is 0 Å². The summed E-state index contributed by atoms with van der Waals surface area (Å²) in [5, 5.41) is 0. The van der Waals surface area contributed by atoms with E-state index in [1.165, 1.54) is 12.1 Å². The average molecular weight is 585 g/mol. The largest absolute Gasteiger partial charge is 0.343 e. The number of rotatable bonds is 10. The third kappa shape index (κ3) is 8.71. The van der Waals surface area contributed by atoms with Crippen LogP contribution < -0.4 is 0 Å². The summed E-state index contributed by atoms with van der Waals surface area (Å²) in [4.78, 5) is 17.5. The molecule has 0 saturated carbocycles. The van der Waals surface area contributed by atoms with Crippen LogP contribution in [-0.4, -0.2) is 99.9 Å². The molecule has 39 heavy (non-hydrogen) atoms. The normalized spacial score (nSPS) is 23.1. The topological polar surface area (TPSA) is 47.1 Å². The monoisotopic (exact) mass is 584 g/mol. The molecule has 220 valence electrons. The lowest BCUT2D eigenvalue weighted by atomic mass is 9.78. The van der Waals surface area contributed by atoms with Crippen molar-refractivity contribution in [2.24, 2.45) is 11.8 Å². The highest BCUT2D eigenvalue weighted by Gasteiger charge is 2.32. The molecular formula is C29H46F2N4O2S2. The van der Waals surface area contributed by atoms with Crippen molar-refractivity contribution in [1.82, 2.24) is 18.4 Å². The first-order valence-corrected chi connectivity index (χ1v) is 17.2. The lowest BCUT2D eigenvalue weighted by molar-refractivity contribution is -0.134. The second kappa shape index (κ2) is 14.7. The summed E-state index contributed by atoms with van der Waals surface area (Å²) in [6, 6.07) is 4.22. The Labute approximate surface area is 240 Å². The SMILES string of the molecule is CSN1CCC(CC(=O)N(C)C2CCN(CCC(c3cc(F)cc(F)c3)C3CCN(S(C)=O)CC3)CC2)CC1. The van der Waals surface area contributed by atoms with Gasteiger partial charge in [-0.1, -0.05) is 11.9 Å². The zero-order valence-electron chi connectivity index (χ0n) is 23.8. The number of carbonyl (C=O) groups is 1. The second-order valence-electron chi connectivity index (χ2n) is 11.6. The fourth-order valence-electron chi connectivity index (χ4n) is 6.74. The third-order valence-electron chi connectivity index (χ3n) is 9.29. The highest BCUT2D eigenvalue weighted by atomic mass is 32.2. The van der Waals surface area contributed by atoms with Crippen LogP contribution in [0.25, 0.3) is 0 Å². The summed E-state index contributed by atoms with van der Waals surface area (Å²) in [7, 11) is 0.996. The molecule has 3 saturated heterocycles. The molecule has 3 heterocycles. The molecule has 0 N–H and O–H groups in total. The molecule has 3 aliphatic heterocycles. The molecule has 1 amide bonds. The van der Waals surface area contributed by atoms with Gasteiger partial charge in [0.25, 0.3) is 0 Å². The molecule has 4 rings (SSSR count). The van der Waals surface area contributed by atoms with E-state index in [0.29, 0.717) is 18.3 Å². The molecule has 0 bridgehead atoms. The molecule has 6 nitrogen and oxygen atoms in total. The van der Waals surface area contributed by atoms with Crippen molar-refractivity contribution in [3.05, 3.63) is 35.4 Å². The van der Waals surface area contributed by atoms with Gasteiger partial charge in [0, 0.05) is 71.1 Å². The number of hydrogen-bond acceptors (Lipinski definition) is 5. The van der Waals surface area contributed by atoms with Crippen molar-refractivity contribution < 1.29 is 17.8 Å². The summed E-state index contributed by atoms with van der Waals surface area (Å²) < 4.78 is 44.6. The van der Waals surface area contributed by atoms with Crippen LogP contribution in [0, 0.1) is 23.5 Å². The minimum Gasteiger partial charge on any atom is -0.343 e. The number of hydrogen-bond donors (Lipinski definition) is 0. The standard InChI is InChI=1S/C29H46F2N4O2S2/c1-32(29(36)18-22-4-14-34(38-2)15-5-22)27-8-11-33(12-9-27)13-10-28(24-19-25(30)21-26(31)20-24)23-6-16-35(17-7-23)39(3)37/h19-23,27-28H,4-18H2,1-3H3. The lowest BCUT2D eigenvalue weighted by Gasteiger charge is -2.39. The van der Waals surface area contributed by atoms with Crippen molar-refractivity contribution in [1.29, 1.82) is 0 Å². The Balaban J connectivity index is 1.28. The van der Waals surface area contributed by atoms with Crippen LogP contribution in [0.2, 0.25) is 0 Å². The Morgan fingerprint density at radius 2 is 1.62 bits per heavy atom. The van der Waals surface area contributed by atoms with E-state index in [9.17, 15) is 17.8 Å². The molecule has 3 fully saturated rings. The number of amides is 1. The molecule has 2 atom stereocenters. The summed E-state index contributed by atoms with van der Waals surface area (Å²) in [5.74, 6) is 0.119. The number of carbonyl (C=O) groups excluding carboxylic acids is 1. The maximum atomic E-state index is 14.1. The molecule has 1 aromatic carbocycles. The van der Waals surface area contributed by atoms with Crippen molar-refractivity contribution in [2.75, 3.05) is 65.4 Å². The molecule has 0 spiro atoms. The second-order valence-corrected chi connectivity index (χ2v) is 13.9. The van der Waals surface area contributed by atoms with E-state index < -0.39 is 22.6 Å². The zero-order chi connectivity index (χ0) is 27.9. The molecule has 3 aliphatic rings.